The van der Waals surface area contributed by atoms with Crippen LogP contribution in [0.25, 0.3) is 0 Å². The third-order valence-corrected chi connectivity index (χ3v) is 1.69. The topological polar surface area (TPSA) is 93.0 Å². The molecule has 0 spiro atoms. The lowest BCUT2D eigenvalue weighted by molar-refractivity contribution is -0.0610. The lowest BCUT2D eigenvalue weighted by Gasteiger charge is -2.30. The van der Waals surface area contributed by atoms with Gasteiger partial charge in [-0.1, -0.05) is 0 Å². The third kappa shape index (κ3) is 1.45. The first kappa shape index (κ1) is 8.32. The van der Waals surface area contributed by atoms with Gasteiger partial charge in [0, 0.05) is 6.54 Å². The average Bonchev–Trinajstić information content (AvgIpc) is 2.01. The van der Waals surface area contributed by atoms with E-state index >= 15 is 0 Å². The van der Waals surface area contributed by atoms with Crippen molar-refractivity contribution in [3.63, 3.8) is 0 Å². The molecule has 0 saturated carbocycles. The van der Waals surface area contributed by atoms with Crippen LogP contribution in [-0.2, 0) is 0 Å². The summed E-state index contributed by atoms with van der Waals surface area (Å²) in [5.41, 5.74) is 0.128. The Labute approximate surface area is 63.6 Å². The molecule has 0 radical (unpaired) electrons. The molecule has 1 heterocycles. The molecular weight excluding hydrogens is 150 g/mol. The maximum atomic E-state index is 9.11. The summed E-state index contributed by atoms with van der Waals surface area (Å²) in [4.78, 5) is 0. The summed E-state index contributed by atoms with van der Waals surface area (Å²) in [6.45, 7) is 0.130. The molecule has 3 atom stereocenters. The fraction of sp³-hybridized carbons (Fsp3) is 0.667. The Morgan fingerprint density at radius 3 is 2.55 bits per heavy atom. The van der Waals surface area contributed by atoms with Crippen molar-refractivity contribution in [1.82, 2.24) is 5.32 Å². The molecule has 5 N–H and O–H groups in total. The van der Waals surface area contributed by atoms with Crippen molar-refractivity contribution in [1.29, 1.82) is 0 Å². The molecule has 1 saturated heterocycles. The minimum absolute atomic E-state index is 0.128. The van der Waals surface area contributed by atoms with E-state index in [1.54, 1.807) is 0 Å². The molecule has 0 bridgehead atoms. The second-order valence-electron chi connectivity index (χ2n) is 2.47. The number of nitrogens with one attached hydrogen (secondary N) is 1. The van der Waals surface area contributed by atoms with Crippen molar-refractivity contribution in [2.75, 3.05) is 6.54 Å². The van der Waals surface area contributed by atoms with Crippen molar-refractivity contribution < 1.29 is 20.4 Å². The Morgan fingerprint density at radius 2 is 2.00 bits per heavy atom. The fourth-order valence-electron chi connectivity index (χ4n) is 0.964. The van der Waals surface area contributed by atoms with Crippen molar-refractivity contribution in [2.45, 2.75) is 18.3 Å². The van der Waals surface area contributed by atoms with E-state index in [1.165, 1.54) is 0 Å². The standard InChI is InChI=1S/C6H11NO4/c8-2-3-5(10)6(11)4(9)1-7-3/h2,4-11H,1H2/b3-2-. The molecule has 1 aliphatic rings. The normalized spacial score (nSPS) is 42.1. The van der Waals surface area contributed by atoms with Crippen LogP contribution in [0.3, 0.4) is 0 Å². The van der Waals surface area contributed by atoms with Crippen molar-refractivity contribution >= 4 is 0 Å². The SMILES string of the molecule is O/C=C1\NCC(O)C(O)C1O. The molecular formula is C6H11NO4. The Bertz CT molecular complexity index is 170. The largest absolute Gasteiger partial charge is 0.514 e. The van der Waals surface area contributed by atoms with Gasteiger partial charge in [-0.3, -0.25) is 0 Å². The zero-order valence-electron chi connectivity index (χ0n) is 5.81. The maximum Gasteiger partial charge on any atom is 0.125 e. The summed E-state index contributed by atoms with van der Waals surface area (Å²) in [6.07, 6.45) is -2.77. The summed E-state index contributed by atoms with van der Waals surface area (Å²) in [6, 6.07) is 0. The first-order chi connectivity index (χ1) is 5.16. The minimum atomic E-state index is -1.23. The van der Waals surface area contributed by atoms with Gasteiger partial charge >= 0.3 is 0 Å². The van der Waals surface area contributed by atoms with Crippen LogP contribution in [0, 0.1) is 0 Å². The molecule has 1 rings (SSSR count). The number of piperidine rings is 1. The van der Waals surface area contributed by atoms with E-state index in [9.17, 15) is 0 Å². The first-order valence-corrected chi connectivity index (χ1v) is 3.29. The predicted molar refractivity (Wildman–Crippen MR) is 36.7 cm³/mol. The minimum Gasteiger partial charge on any atom is -0.514 e. The summed E-state index contributed by atoms with van der Waals surface area (Å²) in [7, 11) is 0. The quantitative estimate of drug-likeness (QED) is 0.267. The van der Waals surface area contributed by atoms with E-state index in [0.717, 1.165) is 0 Å². The van der Waals surface area contributed by atoms with Gasteiger partial charge in [0.1, 0.15) is 18.5 Å². The van der Waals surface area contributed by atoms with Crippen LogP contribution in [0.4, 0.5) is 0 Å². The predicted octanol–water partition coefficient (Wildman–Crippen LogP) is -1.93. The van der Waals surface area contributed by atoms with Gasteiger partial charge in [0.15, 0.2) is 0 Å². The zero-order valence-corrected chi connectivity index (χ0v) is 5.81. The Balaban J connectivity index is 2.67. The summed E-state index contributed by atoms with van der Waals surface area (Å²) in [5.74, 6) is 0. The van der Waals surface area contributed by atoms with Crippen molar-refractivity contribution in [2.24, 2.45) is 0 Å². The monoisotopic (exact) mass is 161 g/mol. The van der Waals surface area contributed by atoms with Crippen molar-refractivity contribution in [3.8, 4) is 0 Å². The Hall–Kier alpha value is -0.780. The number of rotatable bonds is 0. The van der Waals surface area contributed by atoms with E-state index in [2.05, 4.69) is 5.32 Å². The molecule has 0 aliphatic carbocycles. The van der Waals surface area contributed by atoms with Gasteiger partial charge in [-0.05, 0) is 0 Å². The van der Waals surface area contributed by atoms with Gasteiger partial charge in [0.2, 0.25) is 0 Å². The second-order valence-corrected chi connectivity index (χ2v) is 2.47. The first-order valence-electron chi connectivity index (χ1n) is 3.29. The molecule has 0 amide bonds. The molecule has 0 aromatic rings. The van der Waals surface area contributed by atoms with Crippen LogP contribution in [0.2, 0.25) is 0 Å². The smallest absolute Gasteiger partial charge is 0.125 e. The summed E-state index contributed by atoms with van der Waals surface area (Å²) in [5, 5.41) is 38.2. The molecule has 0 aromatic carbocycles. The van der Waals surface area contributed by atoms with Gasteiger partial charge in [-0.2, -0.15) is 0 Å². The van der Waals surface area contributed by atoms with Crippen LogP contribution in [0.15, 0.2) is 12.0 Å². The number of hydrogen-bond acceptors (Lipinski definition) is 5. The van der Waals surface area contributed by atoms with Crippen LogP contribution in [0.1, 0.15) is 0 Å². The highest BCUT2D eigenvalue weighted by atomic mass is 16.4. The van der Waals surface area contributed by atoms with Gasteiger partial charge in [-0.15, -0.1) is 0 Å². The molecule has 5 heteroatoms. The fourth-order valence-corrected chi connectivity index (χ4v) is 0.964. The molecule has 5 nitrogen and oxygen atoms in total. The van der Waals surface area contributed by atoms with Crippen LogP contribution >= 0.6 is 0 Å². The van der Waals surface area contributed by atoms with Gasteiger partial charge in [-0.25, -0.2) is 0 Å². The highest BCUT2D eigenvalue weighted by Crippen LogP contribution is 2.12. The summed E-state index contributed by atoms with van der Waals surface area (Å²) >= 11 is 0. The number of aliphatic hydroxyl groups excluding tert-OH is 4. The highest BCUT2D eigenvalue weighted by molar-refractivity contribution is 5.10. The molecule has 1 aliphatic heterocycles. The lowest BCUT2D eigenvalue weighted by atomic mass is 10.0. The van der Waals surface area contributed by atoms with Gasteiger partial charge < -0.3 is 25.7 Å². The van der Waals surface area contributed by atoms with Crippen molar-refractivity contribution in [3.05, 3.63) is 12.0 Å². The highest BCUT2D eigenvalue weighted by Gasteiger charge is 2.32. The number of aliphatic hydroxyl groups is 4. The Morgan fingerprint density at radius 1 is 1.36 bits per heavy atom. The third-order valence-electron chi connectivity index (χ3n) is 1.69. The molecule has 3 unspecified atom stereocenters. The van der Waals surface area contributed by atoms with Crippen LogP contribution < -0.4 is 5.32 Å². The number of β-amino-alcohol motifs (C(OH)–C–C–N with tert-alkyl or cyclic N) is 1. The molecule has 11 heavy (non-hydrogen) atoms. The van der Waals surface area contributed by atoms with E-state index in [1.807, 2.05) is 0 Å². The van der Waals surface area contributed by atoms with E-state index in [-0.39, 0.29) is 12.2 Å². The average molecular weight is 161 g/mol. The van der Waals surface area contributed by atoms with E-state index in [4.69, 9.17) is 20.4 Å². The molecule has 64 valence electrons. The molecule has 1 fully saturated rings. The number of hydrogen-bond donors (Lipinski definition) is 5. The van der Waals surface area contributed by atoms with Gasteiger partial charge in [0.25, 0.3) is 0 Å². The van der Waals surface area contributed by atoms with Crippen LogP contribution in [-0.4, -0.2) is 45.3 Å². The van der Waals surface area contributed by atoms with E-state index < -0.39 is 18.3 Å². The Kier molecular flexibility index (Phi) is 2.33. The molecule has 0 aromatic heterocycles. The lowest BCUT2D eigenvalue weighted by Crippen LogP contribution is -2.51. The zero-order chi connectivity index (χ0) is 8.43. The van der Waals surface area contributed by atoms with Crippen LogP contribution in [0.5, 0.6) is 0 Å². The van der Waals surface area contributed by atoms with Gasteiger partial charge in [0.05, 0.1) is 11.8 Å². The van der Waals surface area contributed by atoms with E-state index in [0.29, 0.717) is 6.26 Å². The maximum absolute atomic E-state index is 9.11. The second kappa shape index (κ2) is 3.08. The summed E-state index contributed by atoms with van der Waals surface area (Å²) < 4.78 is 0.